The summed E-state index contributed by atoms with van der Waals surface area (Å²) in [5.74, 6) is -0.606. The predicted octanol–water partition coefficient (Wildman–Crippen LogP) is 3.21. The molecule has 0 aromatic heterocycles. The molecule has 0 spiro atoms. The third-order valence-electron chi connectivity index (χ3n) is 2.67. The monoisotopic (exact) mass is 315 g/mol. The first kappa shape index (κ1) is 20.9. The fraction of sp³-hybridized carbons (Fsp3) is 0.882. The Kier molecular flexibility index (Phi) is 8.68. The molecule has 130 valence electrons. The summed E-state index contributed by atoms with van der Waals surface area (Å²) in [6.45, 7) is 13.8. The quantitative estimate of drug-likeness (QED) is 0.550. The summed E-state index contributed by atoms with van der Waals surface area (Å²) in [6.07, 6.45) is 2.60. The van der Waals surface area contributed by atoms with Gasteiger partial charge in [0, 0.05) is 6.42 Å². The minimum Gasteiger partial charge on any atom is -0.460 e. The van der Waals surface area contributed by atoms with Crippen molar-refractivity contribution in [3.05, 3.63) is 0 Å². The maximum absolute atomic E-state index is 12.2. The van der Waals surface area contributed by atoms with Crippen LogP contribution in [0.1, 0.15) is 74.1 Å². The van der Waals surface area contributed by atoms with Crippen molar-refractivity contribution < 1.29 is 19.1 Å². The Bertz CT molecular complexity index is 353. The van der Waals surface area contributed by atoms with Crippen LogP contribution in [0.3, 0.4) is 0 Å². The van der Waals surface area contributed by atoms with Crippen molar-refractivity contribution in [2.45, 2.75) is 91.4 Å². The highest BCUT2D eigenvalue weighted by Crippen LogP contribution is 2.13. The summed E-state index contributed by atoms with van der Waals surface area (Å²) < 4.78 is 10.7. The molecule has 0 radical (unpaired) electrons. The molecule has 5 nitrogen and oxygen atoms in total. The average Bonchev–Trinajstić information content (AvgIpc) is 2.28. The van der Waals surface area contributed by atoms with Crippen molar-refractivity contribution in [1.29, 1.82) is 0 Å². The third kappa shape index (κ3) is 11.5. The van der Waals surface area contributed by atoms with Crippen LogP contribution in [-0.4, -0.2) is 35.7 Å². The fourth-order valence-corrected chi connectivity index (χ4v) is 1.78. The highest BCUT2D eigenvalue weighted by molar-refractivity contribution is 5.77. The van der Waals surface area contributed by atoms with Gasteiger partial charge in [0.2, 0.25) is 0 Å². The average molecular weight is 315 g/mol. The molecule has 0 aromatic carbocycles. The molecule has 0 amide bonds. The largest absolute Gasteiger partial charge is 0.460 e. The molecule has 1 atom stereocenters. The summed E-state index contributed by atoms with van der Waals surface area (Å²) in [6, 6.07) is -0.474. The first-order valence-electron chi connectivity index (χ1n) is 8.12. The highest BCUT2D eigenvalue weighted by atomic mass is 16.6. The number of hydrogen-bond acceptors (Lipinski definition) is 5. The molecule has 0 aliphatic heterocycles. The molecule has 0 saturated heterocycles. The molecule has 1 N–H and O–H groups in total. The molecule has 0 saturated carbocycles. The van der Waals surface area contributed by atoms with Crippen LogP contribution >= 0.6 is 0 Å². The Labute approximate surface area is 135 Å². The molecule has 0 fully saturated rings. The van der Waals surface area contributed by atoms with Gasteiger partial charge in [-0.3, -0.25) is 9.59 Å². The standard InChI is InChI=1S/C17H33NO4/c1-8-9-12-18-13(15(20)22-17(5,6)7)10-11-14(19)21-16(2,3)4/h13,18H,8-12H2,1-7H3/t13-/m0/s1. The van der Waals surface area contributed by atoms with Gasteiger partial charge in [0.1, 0.15) is 17.2 Å². The van der Waals surface area contributed by atoms with Crippen LogP contribution in [0.15, 0.2) is 0 Å². The molecule has 0 aliphatic carbocycles. The number of nitrogens with one attached hydrogen (secondary N) is 1. The van der Waals surface area contributed by atoms with E-state index in [1.807, 2.05) is 41.5 Å². The number of ether oxygens (including phenoxy) is 2. The third-order valence-corrected chi connectivity index (χ3v) is 2.67. The van der Waals surface area contributed by atoms with Gasteiger partial charge in [-0.05, 0) is 60.9 Å². The fourth-order valence-electron chi connectivity index (χ4n) is 1.78. The SMILES string of the molecule is CCCCN[C@@H](CCC(=O)OC(C)(C)C)C(=O)OC(C)(C)C. The second kappa shape index (κ2) is 9.13. The number of esters is 2. The lowest BCUT2D eigenvalue weighted by atomic mass is 10.1. The van der Waals surface area contributed by atoms with E-state index in [1.165, 1.54) is 0 Å². The van der Waals surface area contributed by atoms with Crippen molar-refractivity contribution in [2.24, 2.45) is 0 Å². The van der Waals surface area contributed by atoms with Crippen LogP contribution in [0.25, 0.3) is 0 Å². The zero-order chi connectivity index (χ0) is 17.4. The van der Waals surface area contributed by atoms with E-state index in [4.69, 9.17) is 9.47 Å². The molecule has 0 aromatic rings. The molecule has 5 heteroatoms. The summed E-state index contributed by atoms with van der Waals surface area (Å²) in [7, 11) is 0. The Hall–Kier alpha value is -1.10. The van der Waals surface area contributed by atoms with Gasteiger partial charge in [0.05, 0.1) is 0 Å². The second-order valence-electron chi connectivity index (χ2n) is 7.52. The number of carbonyl (C=O) groups is 2. The Morgan fingerprint density at radius 3 is 2.00 bits per heavy atom. The van der Waals surface area contributed by atoms with Crippen LogP contribution in [-0.2, 0) is 19.1 Å². The van der Waals surface area contributed by atoms with E-state index in [9.17, 15) is 9.59 Å². The normalized spacial score (nSPS) is 13.6. The molecule has 0 aliphatic rings. The smallest absolute Gasteiger partial charge is 0.323 e. The highest BCUT2D eigenvalue weighted by Gasteiger charge is 2.26. The first-order chi connectivity index (χ1) is 9.94. The molecule has 0 unspecified atom stereocenters. The van der Waals surface area contributed by atoms with E-state index in [2.05, 4.69) is 12.2 Å². The second-order valence-corrected chi connectivity index (χ2v) is 7.52. The van der Waals surface area contributed by atoms with E-state index in [0.29, 0.717) is 6.42 Å². The van der Waals surface area contributed by atoms with Crippen molar-refractivity contribution >= 4 is 11.9 Å². The lowest BCUT2D eigenvalue weighted by Gasteiger charge is -2.25. The zero-order valence-electron chi connectivity index (χ0n) is 15.2. The van der Waals surface area contributed by atoms with E-state index >= 15 is 0 Å². The summed E-state index contributed by atoms with van der Waals surface area (Å²) in [4.78, 5) is 24.0. The lowest BCUT2D eigenvalue weighted by Crippen LogP contribution is -2.42. The molecule has 22 heavy (non-hydrogen) atoms. The minimum absolute atomic E-state index is 0.195. The number of rotatable bonds is 8. The van der Waals surface area contributed by atoms with Crippen LogP contribution < -0.4 is 5.32 Å². The van der Waals surface area contributed by atoms with Crippen LogP contribution in [0.5, 0.6) is 0 Å². The minimum atomic E-state index is -0.534. The maximum atomic E-state index is 12.2. The van der Waals surface area contributed by atoms with Gasteiger partial charge in [-0.25, -0.2) is 0 Å². The van der Waals surface area contributed by atoms with Gasteiger partial charge in [-0.2, -0.15) is 0 Å². The number of unbranched alkanes of at least 4 members (excludes halogenated alkanes) is 1. The lowest BCUT2D eigenvalue weighted by molar-refractivity contribution is -0.158. The summed E-state index contributed by atoms with van der Waals surface area (Å²) in [5, 5.41) is 3.18. The van der Waals surface area contributed by atoms with Gasteiger partial charge in [0.25, 0.3) is 0 Å². The van der Waals surface area contributed by atoms with Crippen LogP contribution in [0.2, 0.25) is 0 Å². The van der Waals surface area contributed by atoms with Crippen molar-refractivity contribution in [3.8, 4) is 0 Å². The number of carbonyl (C=O) groups excluding carboxylic acids is 2. The Morgan fingerprint density at radius 1 is 1.00 bits per heavy atom. The molecule has 0 bridgehead atoms. The van der Waals surface area contributed by atoms with Crippen molar-refractivity contribution in [1.82, 2.24) is 5.32 Å². The van der Waals surface area contributed by atoms with E-state index in [0.717, 1.165) is 19.4 Å². The zero-order valence-corrected chi connectivity index (χ0v) is 15.2. The van der Waals surface area contributed by atoms with Crippen molar-refractivity contribution in [3.63, 3.8) is 0 Å². The topological polar surface area (TPSA) is 64.6 Å². The number of hydrogen-bond donors (Lipinski definition) is 1. The van der Waals surface area contributed by atoms with Gasteiger partial charge >= 0.3 is 11.9 Å². The van der Waals surface area contributed by atoms with Gasteiger partial charge < -0.3 is 14.8 Å². The van der Waals surface area contributed by atoms with E-state index in [1.54, 1.807) is 0 Å². The predicted molar refractivity (Wildman–Crippen MR) is 87.6 cm³/mol. The maximum Gasteiger partial charge on any atom is 0.323 e. The van der Waals surface area contributed by atoms with Gasteiger partial charge in [-0.1, -0.05) is 13.3 Å². The van der Waals surface area contributed by atoms with Crippen LogP contribution in [0.4, 0.5) is 0 Å². The van der Waals surface area contributed by atoms with Crippen LogP contribution in [0, 0.1) is 0 Å². The van der Waals surface area contributed by atoms with E-state index < -0.39 is 17.2 Å². The van der Waals surface area contributed by atoms with E-state index in [-0.39, 0.29) is 18.4 Å². The van der Waals surface area contributed by atoms with Gasteiger partial charge in [-0.15, -0.1) is 0 Å². The molecule has 0 heterocycles. The van der Waals surface area contributed by atoms with Gasteiger partial charge in [0.15, 0.2) is 0 Å². The molecule has 0 rings (SSSR count). The summed E-state index contributed by atoms with van der Waals surface area (Å²) in [5.41, 5.74) is -1.04. The molecular formula is C17H33NO4. The first-order valence-corrected chi connectivity index (χ1v) is 8.12. The summed E-state index contributed by atoms with van der Waals surface area (Å²) >= 11 is 0. The van der Waals surface area contributed by atoms with Crippen molar-refractivity contribution in [2.75, 3.05) is 6.54 Å². The Morgan fingerprint density at radius 2 is 1.55 bits per heavy atom. The Balaban J connectivity index is 4.52. The molecular weight excluding hydrogens is 282 g/mol.